The number of likely N-dealkylation sites (tertiary alicyclic amines) is 2. The molecule has 0 radical (unpaired) electrons. The number of carbonyl (C=O) groups is 1. The van der Waals surface area contributed by atoms with Gasteiger partial charge < -0.3 is 9.80 Å². The second-order valence-electron chi connectivity index (χ2n) is 6.68. The normalized spacial score (nSPS) is 23.5. The van der Waals surface area contributed by atoms with Gasteiger partial charge in [-0.25, -0.2) is 9.67 Å². The fourth-order valence-corrected chi connectivity index (χ4v) is 3.68. The third-order valence-corrected chi connectivity index (χ3v) is 4.85. The van der Waals surface area contributed by atoms with Crippen molar-refractivity contribution in [2.75, 3.05) is 32.7 Å². The molecule has 2 saturated heterocycles. The molecule has 6 heteroatoms. The number of piperidine rings is 1. The smallest absolute Gasteiger partial charge is 0.222 e. The summed E-state index contributed by atoms with van der Waals surface area (Å²) in [7, 11) is 0. The van der Waals surface area contributed by atoms with E-state index in [0.29, 0.717) is 11.8 Å². The summed E-state index contributed by atoms with van der Waals surface area (Å²) in [6, 6.07) is 0. The van der Waals surface area contributed by atoms with Gasteiger partial charge in [-0.2, -0.15) is 5.10 Å². The van der Waals surface area contributed by atoms with E-state index in [4.69, 9.17) is 0 Å². The Balaban J connectivity index is 1.48. The highest BCUT2D eigenvalue weighted by molar-refractivity contribution is 5.78. The number of nitrogens with zero attached hydrogens (tertiary/aromatic N) is 5. The van der Waals surface area contributed by atoms with Crippen LogP contribution in [0.5, 0.6) is 0 Å². The second kappa shape index (κ2) is 6.77. The molecule has 2 fully saturated rings. The summed E-state index contributed by atoms with van der Waals surface area (Å²) >= 11 is 0. The third-order valence-electron chi connectivity index (χ3n) is 4.85. The summed E-state index contributed by atoms with van der Waals surface area (Å²) in [4.78, 5) is 20.6. The number of hydrogen-bond donors (Lipinski definition) is 0. The summed E-state index contributed by atoms with van der Waals surface area (Å²) in [5.41, 5.74) is 0. The van der Waals surface area contributed by atoms with Gasteiger partial charge >= 0.3 is 0 Å². The van der Waals surface area contributed by atoms with E-state index in [-0.39, 0.29) is 0 Å². The molecule has 0 N–H and O–H groups in total. The minimum absolute atomic E-state index is 0.335. The first kappa shape index (κ1) is 15.5. The lowest BCUT2D eigenvalue weighted by atomic mass is 9.98. The van der Waals surface area contributed by atoms with Gasteiger partial charge in [-0.05, 0) is 45.6 Å². The van der Waals surface area contributed by atoms with Gasteiger partial charge in [0, 0.05) is 39.1 Å². The maximum atomic E-state index is 11.7. The van der Waals surface area contributed by atoms with E-state index < -0.39 is 0 Å². The highest BCUT2D eigenvalue weighted by Gasteiger charge is 2.24. The lowest BCUT2D eigenvalue weighted by Crippen LogP contribution is -2.42. The maximum absolute atomic E-state index is 11.7. The zero-order valence-corrected chi connectivity index (χ0v) is 13.8. The van der Waals surface area contributed by atoms with Crippen LogP contribution in [0.2, 0.25) is 0 Å². The van der Waals surface area contributed by atoms with Crippen LogP contribution in [-0.4, -0.2) is 63.2 Å². The molecular weight excluding hydrogens is 278 g/mol. The minimum atomic E-state index is 0.335. The zero-order valence-electron chi connectivity index (χ0n) is 13.8. The van der Waals surface area contributed by atoms with Gasteiger partial charge in [0.1, 0.15) is 11.6 Å². The van der Waals surface area contributed by atoms with Crippen molar-refractivity contribution in [1.82, 2.24) is 24.6 Å². The van der Waals surface area contributed by atoms with Crippen LogP contribution in [-0.2, 0) is 11.3 Å². The molecule has 0 spiro atoms. The molecule has 2 aliphatic rings. The first-order valence-corrected chi connectivity index (χ1v) is 8.50. The standard InChI is InChI=1S/C16H27N5O/c1-13-17-14(2)21(18-13)12-15-5-3-7-19(11-15)9-10-20-8-4-6-16(20)22/h15H,3-12H2,1-2H3/t15-/m1/s1. The molecule has 1 atom stereocenters. The Morgan fingerprint density at radius 1 is 1.18 bits per heavy atom. The highest BCUT2D eigenvalue weighted by Crippen LogP contribution is 2.19. The molecule has 2 aliphatic heterocycles. The lowest BCUT2D eigenvalue weighted by molar-refractivity contribution is -0.127. The van der Waals surface area contributed by atoms with Gasteiger partial charge in [0.25, 0.3) is 0 Å². The number of hydrogen-bond acceptors (Lipinski definition) is 4. The molecule has 22 heavy (non-hydrogen) atoms. The van der Waals surface area contributed by atoms with Gasteiger partial charge in [0.15, 0.2) is 0 Å². The molecule has 3 heterocycles. The van der Waals surface area contributed by atoms with Crippen molar-refractivity contribution in [3.05, 3.63) is 11.6 Å². The summed E-state index contributed by atoms with van der Waals surface area (Å²) < 4.78 is 2.05. The number of aryl methyl sites for hydroxylation is 2. The number of carbonyl (C=O) groups excluding carboxylic acids is 1. The van der Waals surface area contributed by atoms with Gasteiger partial charge in [-0.1, -0.05) is 0 Å². The van der Waals surface area contributed by atoms with Crippen LogP contribution in [0, 0.1) is 19.8 Å². The molecule has 3 rings (SSSR count). The van der Waals surface area contributed by atoms with Crippen LogP contribution in [0.15, 0.2) is 0 Å². The topological polar surface area (TPSA) is 54.3 Å². The van der Waals surface area contributed by atoms with E-state index in [9.17, 15) is 4.79 Å². The number of amides is 1. The Bertz CT molecular complexity index is 527. The Hall–Kier alpha value is -1.43. The van der Waals surface area contributed by atoms with Crippen LogP contribution in [0.1, 0.15) is 37.3 Å². The molecule has 122 valence electrons. The lowest BCUT2D eigenvalue weighted by Gasteiger charge is -2.33. The second-order valence-corrected chi connectivity index (χ2v) is 6.68. The average molecular weight is 305 g/mol. The molecule has 0 saturated carbocycles. The third kappa shape index (κ3) is 3.66. The first-order chi connectivity index (χ1) is 10.6. The average Bonchev–Trinajstić information content (AvgIpc) is 3.03. The molecule has 1 aromatic rings. The fraction of sp³-hybridized carbons (Fsp3) is 0.812. The largest absolute Gasteiger partial charge is 0.341 e. The van der Waals surface area contributed by atoms with Crippen LogP contribution >= 0.6 is 0 Å². The Morgan fingerprint density at radius 3 is 2.73 bits per heavy atom. The monoisotopic (exact) mass is 305 g/mol. The predicted molar refractivity (Wildman–Crippen MR) is 84.5 cm³/mol. The fourth-order valence-electron chi connectivity index (χ4n) is 3.68. The van der Waals surface area contributed by atoms with Crippen molar-refractivity contribution in [3.63, 3.8) is 0 Å². The van der Waals surface area contributed by atoms with Crippen molar-refractivity contribution < 1.29 is 4.79 Å². The van der Waals surface area contributed by atoms with E-state index >= 15 is 0 Å². The minimum Gasteiger partial charge on any atom is -0.341 e. The van der Waals surface area contributed by atoms with Crippen LogP contribution in [0.4, 0.5) is 0 Å². The molecule has 6 nitrogen and oxygen atoms in total. The van der Waals surface area contributed by atoms with Crippen LogP contribution < -0.4 is 0 Å². The quantitative estimate of drug-likeness (QED) is 0.821. The van der Waals surface area contributed by atoms with E-state index in [1.807, 2.05) is 23.4 Å². The Morgan fingerprint density at radius 2 is 2.05 bits per heavy atom. The van der Waals surface area contributed by atoms with Gasteiger partial charge in [0.2, 0.25) is 5.91 Å². The Labute approximate surface area is 132 Å². The number of aromatic nitrogens is 3. The summed E-state index contributed by atoms with van der Waals surface area (Å²) in [6.45, 7) is 10.1. The number of rotatable bonds is 5. The van der Waals surface area contributed by atoms with Gasteiger partial charge in [0.05, 0.1) is 0 Å². The summed E-state index contributed by atoms with van der Waals surface area (Å²) in [5.74, 6) is 2.85. The molecular formula is C16H27N5O. The molecule has 0 aliphatic carbocycles. The van der Waals surface area contributed by atoms with Crippen molar-refractivity contribution in [1.29, 1.82) is 0 Å². The zero-order chi connectivity index (χ0) is 15.5. The van der Waals surface area contributed by atoms with Crippen molar-refractivity contribution in [2.45, 2.75) is 46.1 Å². The molecule has 0 aromatic carbocycles. The summed E-state index contributed by atoms with van der Waals surface area (Å²) in [6.07, 6.45) is 4.28. The predicted octanol–water partition coefficient (Wildman–Crippen LogP) is 1.23. The van der Waals surface area contributed by atoms with E-state index in [2.05, 4.69) is 15.0 Å². The first-order valence-electron chi connectivity index (χ1n) is 8.50. The van der Waals surface area contributed by atoms with Crippen molar-refractivity contribution >= 4 is 5.91 Å². The van der Waals surface area contributed by atoms with E-state index in [1.165, 1.54) is 12.8 Å². The molecule has 0 bridgehead atoms. The molecule has 1 aromatic heterocycles. The molecule has 1 amide bonds. The van der Waals surface area contributed by atoms with Gasteiger partial charge in [-0.3, -0.25) is 4.79 Å². The van der Waals surface area contributed by atoms with Gasteiger partial charge in [-0.15, -0.1) is 0 Å². The van der Waals surface area contributed by atoms with E-state index in [0.717, 1.165) is 63.8 Å². The summed E-state index contributed by atoms with van der Waals surface area (Å²) in [5, 5.41) is 4.48. The van der Waals surface area contributed by atoms with Crippen molar-refractivity contribution in [2.24, 2.45) is 5.92 Å². The van der Waals surface area contributed by atoms with Crippen LogP contribution in [0.3, 0.4) is 0 Å². The van der Waals surface area contributed by atoms with Crippen LogP contribution in [0.25, 0.3) is 0 Å². The van der Waals surface area contributed by atoms with E-state index in [1.54, 1.807) is 0 Å². The van der Waals surface area contributed by atoms with Crippen molar-refractivity contribution in [3.8, 4) is 0 Å². The molecule has 0 unspecified atom stereocenters. The Kier molecular flexibility index (Phi) is 4.76. The highest BCUT2D eigenvalue weighted by atomic mass is 16.2. The SMILES string of the molecule is Cc1nc(C)n(C[C@@H]2CCCN(CCN3CCCC3=O)C2)n1. The maximum Gasteiger partial charge on any atom is 0.222 e.